The molecule has 2 aliphatic heterocycles. The summed E-state index contributed by atoms with van der Waals surface area (Å²) in [7, 11) is 1.65. The second-order valence-corrected chi connectivity index (χ2v) is 11.3. The van der Waals surface area contributed by atoms with Crippen molar-refractivity contribution in [1.29, 1.82) is 0 Å². The molecule has 0 amide bonds. The second-order valence-electron chi connectivity index (χ2n) is 11.3. The zero-order valence-electron chi connectivity index (χ0n) is 25.2. The first-order valence-corrected chi connectivity index (χ1v) is 14.5. The number of ether oxygens (including phenoxy) is 2. The van der Waals surface area contributed by atoms with Gasteiger partial charge in [-0.1, -0.05) is 72.8 Å². The fraction of sp³-hybridized carbons (Fsp3) is 0.294. The molecule has 1 fully saturated rings. The van der Waals surface area contributed by atoms with E-state index in [9.17, 15) is 19.7 Å². The summed E-state index contributed by atoms with van der Waals surface area (Å²) in [6, 6.07) is 26.1. The largest absolute Gasteiger partial charge is 0.460 e. The molecule has 0 bridgehead atoms. The number of benzene rings is 3. The highest BCUT2D eigenvalue weighted by atomic mass is 16.6. The highest BCUT2D eigenvalue weighted by Crippen LogP contribution is 2.43. The Morgan fingerprint density at radius 3 is 2.05 bits per heavy atom. The van der Waals surface area contributed by atoms with Crippen LogP contribution in [0.4, 0.5) is 5.69 Å². The van der Waals surface area contributed by atoms with E-state index in [1.807, 2.05) is 36.4 Å². The van der Waals surface area contributed by atoms with Crippen LogP contribution in [0.3, 0.4) is 0 Å². The van der Waals surface area contributed by atoms with Crippen LogP contribution < -0.4 is 5.73 Å². The summed E-state index contributed by atoms with van der Waals surface area (Å²) in [5.41, 5.74) is 9.67. The van der Waals surface area contributed by atoms with Crippen molar-refractivity contribution < 1.29 is 24.0 Å². The van der Waals surface area contributed by atoms with Gasteiger partial charge in [0.25, 0.3) is 5.69 Å². The molecule has 0 radical (unpaired) electrons. The lowest BCUT2D eigenvalue weighted by Crippen LogP contribution is -2.54. The number of nitrogens with two attached hydrogens (primary N) is 1. The molecule has 3 aromatic rings. The molecule has 228 valence electrons. The maximum atomic E-state index is 14.0. The van der Waals surface area contributed by atoms with Crippen LogP contribution in [0.5, 0.6) is 0 Å². The van der Waals surface area contributed by atoms with Crippen molar-refractivity contribution in [1.82, 2.24) is 9.80 Å². The minimum atomic E-state index is -1.03. The number of nitro groups is 1. The van der Waals surface area contributed by atoms with Gasteiger partial charge in [-0.25, -0.2) is 9.59 Å². The summed E-state index contributed by atoms with van der Waals surface area (Å²) in [4.78, 5) is 42.3. The van der Waals surface area contributed by atoms with Gasteiger partial charge in [-0.2, -0.15) is 0 Å². The Morgan fingerprint density at radius 1 is 0.909 bits per heavy atom. The van der Waals surface area contributed by atoms with Crippen LogP contribution in [0.2, 0.25) is 0 Å². The number of hydrogen-bond acceptors (Lipinski definition) is 9. The minimum absolute atomic E-state index is 0.0157. The fourth-order valence-corrected chi connectivity index (χ4v) is 5.81. The van der Waals surface area contributed by atoms with Crippen LogP contribution in [0.15, 0.2) is 108 Å². The smallest absolute Gasteiger partial charge is 0.339 e. The number of non-ortho nitro benzene ring substituents is 1. The van der Waals surface area contributed by atoms with Gasteiger partial charge in [0.05, 0.1) is 34.1 Å². The van der Waals surface area contributed by atoms with E-state index < -0.39 is 35.0 Å². The minimum Gasteiger partial charge on any atom is -0.460 e. The SMILES string of the molecule is CC1=C(C(=O)OC(C)C)[C@@H](c2cccc([N+](=O)[O-])c2)C(C(=O)OC2CN(C(c3ccccc3)c3ccccc3)C2)=C(N)N1C. The molecule has 0 spiro atoms. The zero-order chi connectivity index (χ0) is 31.5. The molecule has 5 rings (SSSR count). The standard InChI is InChI=1S/C34H36N4O6/c1-21(2)43-33(39)28-22(3)36(4)32(35)30(29(28)25-16-11-17-26(18-25)38(41)42)34(40)44-27-19-37(20-27)31(23-12-7-5-8-13-23)24-14-9-6-10-15-24/h5-18,21,27,29,31H,19-20,35H2,1-4H3/t29-/m1/s1. The molecule has 2 heterocycles. The van der Waals surface area contributed by atoms with Crippen molar-refractivity contribution >= 4 is 17.6 Å². The Labute approximate surface area is 256 Å². The van der Waals surface area contributed by atoms with Crippen LogP contribution >= 0.6 is 0 Å². The third-order valence-corrected chi connectivity index (χ3v) is 8.05. The van der Waals surface area contributed by atoms with E-state index in [4.69, 9.17) is 15.2 Å². The number of esters is 2. The number of nitro benzene ring substituents is 1. The molecule has 10 heteroatoms. The lowest BCUT2D eigenvalue weighted by atomic mass is 9.80. The zero-order valence-corrected chi connectivity index (χ0v) is 25.2. The molecule has 0 unspecified atom stereocenters. The number of likely N-dealkylation sites (tertiary alicyclic amines) is 1. The van der Waals surface area contributed by atoms with Gasteiger partial charge in [-0.05, 0) is 37.5 Å². The van der Waals surface area contributed by atoms with Crippen molar-refractivity contribution in [2.75, 3.05) is 20.1 Å². The van der Waals surface area contributed by atoms with Crippen molar-refractivity contribution in [2.45, 2.75) is 44.9 Å². The fourth-order valence-electron chi connectivity index (χ4n) is 5.81. The summed E-state index contributed by atoms with van der Waals surface area (Å²) >= 11 is 0. The molecule has 2 N–H and O–H groups in total. The summed E-state index contributed by atoms with van der Waals surface area (Å²) in [5.74, 6) is -2.24. The molecule has 0 aromatic heterocycles. The van der Waals surface area contributed by atoms with E-state index in [1.54, 1.807) is 38.8 Å². The van der Waals surface area contributed by atoms with Crippen molar-refractivity contribution in [3.8, 4) is 0 Å². The van der Waals surface area contributed by atoms with Crippen LogP contribution in [0.25, 0.3) is 0 Å². The van der Waals surface area contributed by atoms with E-state index in [0.717, 1.165) is 11.1 Å². The normalized spacial score (nSPS) is 17.6. The number of allylic oxidation sites excluding steroid dienone is 1. The highest BCUT2D eigenvalue weighted by Gasteiger charge is 2.43. The topological polar surface area (TPSA) is 128 Å². The Hall–Kier alpha value is -4.96. The van der Waals surface area contributed by atoms with Gasteiger partial charge in [0.2, 0.25) is 0 Å². The van der Waals surface area contributed by atoms with E-state index in [1.165, 1.54) is 18.2 Å². The first-order chi connectivity index (χ1) is 21.1. The highest BCUT2D eigenvalue weighted by molar-refractivity contribution is 6.00. The Bertz CT molecular complexity index is 1570. The van der Waals surface area contributed by atoms with Crippen LogP contribution in [-0.4, -0.2) is 59.0 Å². The summed E-state index contributed by atoms with van der Waals surface area (Å²) < 4.78 is 11.6. The quantitative estimate of drug-likeness (QED) is 0.205. The molecule has 1 saturated heterocycles. The maximum Gasteiger partial charge on any atom is 0.339 e. The summed E-state index contributed by atoms with van der Waals surface area (Å²) in [5, 5.41) is 11.6. The van der Waals surface area contributed by atoms with Crippen molar-refractivity contribution in [2.24, 2.45) is 5.73 Å². The average molecular weight is 597 g/mol. The monoisotopic (exact) mass is 596 g/mol. The van der Waals surface area contributed by atoms with Crippen molar-refractivity contribution in [3.63, 3.8) is 0 Å². The number of hydrogen-bond donors (Lipinski definition) is 1. The predicted octanol–water partition coefficient (Wildman–Crippen LogP) is 5.04. The van der Waals surface area contributed by atoms with Gasteiger partial charge in [0, 0.05) is 38.0 Å². The number of rotatable bonds is 9. The van der Waals surface area contributed by atoms with E-state index in [-0.39, 0.29) is 28.7 Å². The predicted molar refractivity (Wildman–Crippen MR) is 165 cm³/mol. The molecule has 44 heavy (non-hydrogen) atoms. The average Bonchev–Trinajstić information content (AvgIpc) is 2.99. The Morgan fingerprint density at radius 2 is 1.50 bits per heavy atom. The molecule has 10 nitrogen and oxygen atoms in total. The van der Waals surface area contributed by atoms with Gasteiger partial charge in [-0.3, -0.25) is 15.0 Å². The van der Waals surface area contributed by atoms with Gasteiger partial charge in [0.15, 0.2) is 0 Å². The first kappa shape index (κ1) is 30.5. The van der Waals surface area contributed by atoms with Gasteiger partial charge in [-0.15, -0.1) is 0 Å². The van der Waals surface area contributed by atoms with E-state index in [2.05, 4.69) is 29.2 Å². The molecule has 0 saturated carbocycles. The number of carbonyl (C=O) groups excluding carboxylic acids is 2. The Kier molecular flexibility index (Phi) is 8.82. The van der Waals surface area contributed by atoms with Gasteiger partial charge < -0.3 is 20.1 Å². The first-order valence-electron chi connectivity index (χ1n) is 14.5. The molecule has 1 atom stereocenters. The lowest BCUT2D eigenvalue weighted by Gasteiger charge is -2.44. The van der Waals surface area contributed by atoms with E-state index in [0.29, 0.717) is 24.4 Å². The second kappa shape index (κ2) is 12.7. The van der Waals surface area contributed by atoms with Crippen LogP contribution in [0.1, 0.15) is 49.4 Å². The molecule has 2 aliphatic rings. The van der Waals surface area contributed by atoms with Gasteiger partial charge in [0.1, 0.15) is 11.9 Å². The maximum absolute atomic E-state index is 14.0. The number of nitrogens with zero attached hydrogens (tertiary/aromatic N) is 3. The van der Waals surface area contributed by atoms with Crippen LogP contribution in [0, 0.1) is 10.1 Å². The third-order valence-electron chi connectivity index (χ3n) is 8.05. The Balaban J connectivity index is 1.44. The van der Waals surface area contributed by atoms with Gasteiger partial charge >= 0.3 is 11.9 Å². The van der Waals surface area contributed by atoms with Crippen molar-refractivity contribution in [3.05, 3.63) is 134 Å². The molecular weight excluding hydrogens is 560 g/mol. The third kappa shape index (κ3) is 6.07. The lowest BCUT2D eigenvalue weighted by molar-refractivity contribution is -0.384. The van der Waals surface area contributed by atoms with Crippen LogP contribution in [-0.2, 0) is 19.1 Å². The summed E-state index contributed by atoms with van der Waals surface area (Å²) in [6.45, 7) is 6.13. The van der Waals surface area contributed by atoms with E-state index >= 15 is 0 Å². The summed E-state index contributed by atoms with van der Waals surface area (Å²) in [6.07, 6.45) is -0.854. The molecule has 3 aromatic carbocycles. The number of carbonyl (C=O) groups is 2. The molecule has 0 aliphatic carbocycles. The molecular formula is C34H36N4O6.